The van der Waals surface area contributed by atoms with Crippen molar-refractivity contribution in [3.8, 4) is 5.75 Å². The predicted molar refractivity (Wildman–Crippen MR) is 82.4 cm³/mol. The van der Waals surface area contributed by atoms with Gasteiger partial charge >= 0.3 is 0 Å². The number of methoxy groups -OCH3 is 1. The molecule has 1 aromatic heterocycles. The number of nitrogens with one attached hydrogen (secondary N) is 2. The quantitative estimate of drug-likeness (QED) is 0.860. The molecule has 0 saturated carbocycles. The van der Waals surface area contributed by atoms with E-state index in [4.69, 9.17) is 4.74 Å². The molecule has 0 saturated heterocycles. The van der Waals surface area contributed by atoms with Crippen molar-refractivity contribution in [2.45, 2.75) is 13.5 Å². The van der Waals surface area contributed by atoms with Gasteiger partial charge in [-0.2, -0.15) is 0 Å². The molecule has 0 unspecified atom stereocenters. The summed E-state index contributed by atoms with van der Waals surface area (Å²) in [6, 6.07) is 11.4. The van der Waals surface area contributed by atoms with Gasteiger partial charge < -0.3 is 15.4 Å². The third-order valence-electron chi connectivity index (χ3n) is 2.75. The maximum absolute atomic E-state index is 11.8. The van der Waals surface area contributed by atoms with Crippen LogP contribution in [0.15, 0.2) is 36.4 Å². The van der Waals surface area contributed by atoms with Gasteiger partial charge in [-0.25, -0.2) is 0 Å². The highest BCUT2D eigenvalue weighted by Crippen LogP contribution is 2.15. The molecule has 4 nitrogen and oxygen atoms in total. The fraction of sp³-hybridized carbons (Fsp3) is 0.267. The molecular formula is C15H18N2O2S. The van der Waals surface area contributed by atoms with Crippen LogP contribution in [-0.2, 0) is 11.3 Å². The van der Waals surface area contributed by atoms with Gasteiger partial charge in [-0.15, -0.1) is 11.3 Å². The summed E-state index contributed by atoms with van der Waals surface area (Å²) in [5.41, 5.74) is 0.768. The van der Waals surface area contributed by atoms with E-state index in [-0.39, 0.29) is 5.91 Å². The molecule has 0 aliphatic rings. The molecule has 1 amide bonds. The number of benzene rings is 1. The van der Waals surface area contributed by atoms with Gasteiger partial charge in [-0.3, -0.25) is 4.79 Å². The Kier molecular flexibility index (Phi) is 5.15. The van der Waals surface area contributed by atoms with Crippen LogP contribution in [0.5, 0.6) is 5.75 Å². The summed E-state index contributed by atoms with van der Waals surface area (Å²) in [7, 11) is 1.61. The lowest BCUT2D eigenvalue weighted by Crippen LogP contribution is -2.27. The molecule has 0 radical (unpaired) electrons. The summed E-state index contributed by atoms with van der Waals surface area (Å²) in [5.74, 6) is 0.720. The van der Waals surface area contributed by atoms with E-state index in [9.17, 15) is 4.79 Å². The lowest BCUT2D eigenvalue weighted by molar-refractivity contribution is -0.115. The third kappa shape index (κ3) is 4.36. The number of carbonyl (C=O) groups excluding carboxylic acids is 1. The highest BCUT2D eigenvalue weighted by molar-refractivity contribution is 7.11. The second-order valence-electron chi connectivity index (χ2n) is 4.39. The first-order valence-electron chi connectivity index (χ1n) is 6.37. The molecule has 0 bridgehead atoms. The molecule has 1 heterocycles. The van der Waals surface area contributed by atoms with Crippen LogP contribution in [0.3, 0.4) is 0 Å². The molecule has 0 aliphatic carbocycles. The average Bonchev–Trinajstić information content (AvgIpc) is 2.85. The zero-order valence-electron chi connectivity index (χ0n) is 11.6. The van der Waals surface area contributed by atoms with E-state index in [0.29, 0.717) is 13.1 Å². The molecule has 20 heavy (non-hydrogen) atoms. The van der Waals surface area contributed by atoms with E-state index in [1.807, 2.05) is 24.3 Å². The third-order valence-corrected chi connectivity index (χ3v) is 3.76. The largest absolute Gasteiger partial charge is 0.497 e. The number of hydrogen-bond donors (Lipinski definition) is 2. The molecule has 0 spiro atoms. The minimum Gasteiger partial charge on any atom is -0.497 e. The van der Waals surface area contributed by atoms with Gasteiger partial charge in [-0.1, -0.05) is 0 Å². The molecule has 106 valence electrons. The first-order valence-corrected chi connectivity index (χ1v) is 7.19. The standard InChI is InChI=1S/C15H18N2O2S/c1-11-3-8-14(20-11)9-16-10-15(18)17-12-4-6-13(19-2)7-5-12/h3-8,16H,9-10H2,1-2H3,(H,17,18). The molecule has 0 aliphatic heterocycles. The summed E-state index contributed by atoms with van der Waals surface area (Å²) in [6.07, 6.45) is 0. The topological polar surface area (TPSA) is 50.4 Å². The van der Waals surface area contributed by atoms with E-state index in [1.165, 1.54) is 9.75 Å². The number of carbonyl (C=O) groups is 1. The Morgan fingerprint density at radius 3 is 2.55 bits per heavy atom. The average molecular weight is 290 g/mol. The number of thiophene rings is 1. The number of anilines is 1. The summed E-state index contributed by atoms with van der Waals surface area (Å²) in [6.45, 7) is 3.09. The Bertz CT molecular complexity index is 564. The van der Waals surface area contributed by atoms with Crippen LogP contribution in [0.2, 0.25) is 0 Å². The number of rotatable bonds is 6. The van der Waals surface area contributed by atoms with Crippen molar-refractivity contribution in [2.24, 2.45) is 0 Å². The monoisotopic (exact) mass is 290 g/mol. The Hall–Kier alpha value is -1.85. The van der Waals surface area contributed by atoms with Crippen molar-refractivity contribution < 1.29 is 9.53 Å². The van der Waals surface area contributed by atoms with Crippen LogP contribution in [-0.4, -0.2) is 19.6 Å². The van der Waals surface area contributed by atoms with Crippen molar-refractivity contribution >= 4 is 22.9 Å². The second-order valence-corrected chi connectivity index (χ2v) is 5.77. The SMILES string of the molecule is COc1ccc(NC(=O)CNCc2ccc(C)s2)cc1. The van der Waals surface area contributed by atoms with Crippen LogP contribution < -0.4 is 15.4 Å². The predicted octanol–water partition coefficient (Wildman–Crippen LogP) is 2.79. The molecule has 0 fully saturated rings. The van der Waals surface area contributed by atoms with Crippen LogP contribution in [0.1, 0.15) is 9.75 Å². The number of aryl methyl sites for hydroxylation is 1. The van der Waals surface area contributed by atoms with E-state index >= 15 is 0 Å². The van der Waals surface area contributed by atoms with Gasteiger partial charge in [-0.05, 0) is 43.3 Å². The summed E-state index contributed by atoms with van der Waals surface area (Å²) < 4.78 is 5.07. The second kappa shape index (κ2) is 7.07. The van der Waals surface area contributed by atoms with Gasteiger partial charge in [0.15, 0.2) is 0 Å². The summed E-state index contributed by atoms with van der Waals surface area (Å²) >= 11 is 1.74. The van der Waals surface area contributed by atoms with Crippen molar-refractivity contribution in [3.05, 3.63) is 46.2 Å². The first kappa shape index (κ1) is 14.6. The Balaban J connectivity index is 1.74. The molecule has 2 N–H and O–H groups in total. The lowest BCUT2D eigenvalue weighted by Gasteiger charge is -2.07. The van der Waals surface area contributed by atoms with Crippen LogP contribution in [0.25, 0.3) is 0 Å². The minimum atomic E-state index is -0.0524. The molecule has 2 aromatic rings. The van der Waals surface area contributed by atoms with E-state index in [1.54, 1.807) is 18.4 Å². The first-order chi connectivity index (χ1) is 9.67. The van der Waals surface area contributed by atoms with Crippen molar-refractivity contribution in [2.75, 3.05) is 19.0 Å². The van der Waals surface area contributed by atoms with Gasteiger partial charge in [0.05, 0.1) is 13.7 Å². The van der Waals surface area contributed by atoms with Crippen LogP contribution in [0, 0.1) is 6.92 Å². The summed E-state index contributed by atoms with van der Waals surface area (Å²) in [4.78, 5) is 14.3. The Labute approximate surface area is 122 Å². The molecule has 1 aromatic carbocycles. The van der Waals surface area contributed by atoms with Crippen molar-refractivity contribution in [3.63, 3.8) is 0 Å². The van der Waals surface area contributed by atoms with Gasteiger partial charge in [0.1, 0.15) is 5.75 Å². The lowest BCUT2D eigenvalue weighted by atomic mass is 10.3. The number of amides is 1. The molecule has 0 atom stereocenters. The van der Waals surface area contributed by atoms with Crippen LogP contribution in [0.4, 0.5) is 5.69 Å². The Morgan fingerprint density at radius 1 is 1.20 bits per heavy atom. The van der Waals surface area contributed by atoms with Crippen LogP contribution >= 0.6 is 11.3 Å². The molecule has 2 rings (SSSR count). The fourth-order valence-corrected chi connectivity index (χ4v) is 2.62. The maximum Gasteiger partial charge on any atom is 0.238 e. The van der Waals surface area contributed by atoms with Crippen molar-refractivity contribution in [1.82, 2.24) is 5.32 Å². The number of ether oxygens (including phenoxy) is 1. The highest BCUT2D eigenvalue weighted by atomic mass is 32.1. The zero-order chi connectivity index (χ0) is 14.4. The van der Waals surface area contributed by atoms with Crippen molar-refractivity contribution in [1.29, 1.82) is 0 Å². The molecular weight excluding hydrogens is 272 g/mol. The molecule has 5 heteroatoms. The smallest absolute Gasteiger partial charge is 0.238 e. The number of hydrogen-bond acceptors (Lipinski definition) is 4. The van der Waals surface area contributed by atoms with E-state index in [2.05, 4.69) is 29.7 Å². The van der Waals surface area contributed by atoms with Gasteiger partial charge in [0.25, 0.3) is 0 Å². The Morgan fingerprint density at radius 2 is 1.95 bits per heavy atom. The fourth-order valence-electron chi connectivity index (χ4n) is 1.76. The zero-order valence-corrected chi connectivity index (χ0v) is 12.4. The minimum absolute atomic E-state index is 0.0524. The maximum atomic E-state index is 11.8. The van der Waals surface area contributed by atoms with Gasteiger partial charge in [0, 0.05) is 22.0 Å². The summed E-state index contributed by atoms with van der Waals surface area (Å²) in [5, 5.41) is 5.96. The van der Waals surface area contributed by atoms with E-state index < -0.39 is 0 Å². The highest BCUT2D eigenvalue weighted by Gasteiger charge is 2.03. The normalized spacial score (nSPS) is 10.3. The van der Waals surface area contributed by atoms with E-state index in [0.717, 1.165) is 11.4 Å². The van der Waals surface area contributed by atoms with Gasteiger partial charge in [0.2, 0.25) is 5.91 Å².